The first kappa shape index (κ1) is 43.1. The number of hydrogen-bond donors (Lipinski definition) is 6. The number of carbonyl (C=O) groups excluding carboxylic acids is 4. The molecule has 14 heteroatoms. The Morgan fingerprint density at radius 1 is 0.895 bits per heavy atom. The summed E-state index contributed by atoms with van der Waals surface area (Å²) in [5.41, 5.74) is 7.99. The Bertz CT molecular complexity index is 1780. The maximum Gasteiger partial charge on any atom is 0.408 e. The molecule has 1 aliphatic heterocycles. The number of hydrogen-bond acceptors (Lipinski definition) is 10. The summed E-state index contributed by atoms with van der Waals surface area (Å²) in [6.07, 6.45) is -2.80. The van der Waals surface area contributed by atoms with Crippen LogP contribution in [0.25, 0.3) is 0 Å². The van der Waals surface area contributed by atoms with Gasteiger partial charge in [0.05, 0.1) is 43.9 Å². The second-order valence-electron chi connectivity index (χ2n) is 15.8. The molecular formula is C43H57N5O9. The van der Waals surface area contributed by atoms with Crippen LogP contribution in [0, 0.1) is 5.92 Å². The third-order valence-electron chi connectivity index (χ3n) is 10.1. The Labute approximate surface area is 334 Å². The fourth-order valence-corrected chi connectivity index (χ4v) is 7.18. The molecule has 0 saturated carbocycles. The van der Waals surface area contributed by atoms with Crippen LogP contribution in [0.5, 0.6) is 5.75 Å². The van der Waals surface area contributed by atoms with Crippen molar-refractivity contribution in [2.45, 2.75) is 88.8 Å². The fourth-order valence-electron chi connectivity index (χ4n) is 7.18. The van der Waals surface area contributed by atoms with Gasteiger partial charge in [-0.05, 0) is 74.4 Å². The van der Waals surface area contributed by atoms with Gasteiger partial charge in [-0.2, -0.15) is 0 Å². The van der Waals surface area contributed by atoms with Gasteiger partial charge in [-0.15, -0.1) is 0 Å². The number of primary amides is 1. The van der Waals surface area contributed by atoms with E-state index < -0.39 is 66.2 Å². The minimum absolute atomic E-state index is 0.0775. The Morgan fingerprint density at radius 2 is 1.56 bits per heavy atom. The quantitative estimate of drug-likeness (QED) is 0.111. The molecule has 5 rings (SSSR count). The average molecular weight is 788 g/mol. The van der Waals surface area contributed by atoms with Gasteiger partial charge < -0.3 is 46.1 Å². The molecular weight excluding hydrogens is 730 g/mol. The van der Waals surface area contributed by atoms with E-state index in [1.807, 2.05) is 78.9 Å². The highest BCUT2D eigenvalue weighted by molar-refractivity contribution is 5.90. The lowest BCUT2D eigenvalue weighted by Crippen LogP contribution is -2.55. The van der Waals surface area contributed by atoms with Crippen molar-refractivity contribution in [3.8, 4) is 5.75 Å². The second-order valence-corrected chi connectivity index (χ2v) is 15.8. The molecule has 0 bridgehead atoms. The number of fused-ring (bicyclic) bond motifs is 1. The summed E-state index contributed by atoms with van der Waals surface area (Å²) in [6.45, 7) is 9.45. The monoisotopic (exact) mass is 787 g/mol. The van der Waals surface area contributed by atoms with Gasteiger partial charge in [0.25, 0.3) is 0 Å². The third-order valence-corrected chi connectivity index (χ3v) is 10.1. The molecule has 1 aliphatic carbocycles. The van der Waals surface area contributed by atoms with E-state index in [0.717, 1.165) is 41.9 Å². The molecule has 0 aromatic heterocycles. The SMILES string of the molecule is CC(C)(C)OC(=O)N[C@@H](CC(N)=O)C(=O)NC(Cc1ccccc1)C(O)CC(Cc1ccc(OCCN2CCOCC2)cc1)C(=O)NC1c2ccccc2CC1O. The lowest BCUT2D eigenvalue weighted by atomic mass is 9.88. The molecule has 308 valence electrons. The number of aliphatic hydroxyl groups excluding tert-OH is 2. The number of ether oxygens (including phenoxy) is 3. The van der Waals surface area contributed by atoms with Crippen molar-refractivity contribution in [1.82, 2.24) is 20.9 Å². The molecule has 14 nitrogen and oxygen atoms in total. The van der Waals surface area contributed by atoms with Crippen LogP contribution >= 0.6 is 0 Å². The highest BCUT2D eigenvalue weighted by Gasteiger charge is 2.36. The van der Waals surface area contributed by atoms with E-state index >= 15 is 0 Å². The summed E-state index contributed by atoms with van der Waals surface area (Å²) < 4.78 is 16.7. The summed E-state index contributed by atoms with van der Waals surface area (Å²) in [5, 5.41) is 31.2. The Hall–Kier alpha value is -5.02. The Balaban J connectivity index is 1.35. The topological polar surface area (TPSA) is 202 Å². The van der Waals surface area contributed by atoms with E-state index in [0.29, 0.717) is 32.0 Å². The normalized spacial score (nSPS) is 19.0. The zero-order valence-electron chi connectivity index (χ0n) is 33.0. The molecule has 0 spiro atoms. The van der Waals surface area contributed by atoms with Gasteiger partial charge in [-0.3, -0.25) is 19.3 Å². The number of nitrogens with one attached hydrogen (secondary N) is 3. The minimum atomic E-state index is -1.39. The molecule has 2 aliphatic rings. The summed E-state index contributed by atoms with van der Waals surface area (Å²) >= 11 is 0. The van der Waals surface area contributed by atoms with Crippen molar-refractivity contribution in [2.75, 3.05) is 39.5 Å². The number of nitrogens with zero attached hydrogens (tertiary/aromatic N) is 1. The number of carbonyl (C=O) groups is 4. The van der Waals surface area contributed by atoms with Crippen molar-refractivity contribution in [3.63, 3.8) is 0 Å². The molecule has 57 heavy (non-hydrogen) atoms. The molecule has 3 aromatic rings. The lowest BCUT2D eigenvalue weighted by Gasteiger charge is -2.30. The number of nitrogens with two attached hydrogens (primary N) is 1. The summed E-state index contributed by atoms with van der Waals surface area (Å²) in [4.78, 5) is 54.9. The van der Waals surface area contributed by atoms with Gasteiger partial charge >= 0.3 is 6.09 Å². The molecule has 6 atom stereocenters. The molecule has 7 N–H and O–H groups in total. The number of amides is 4. The highest BCUT2D eigenvalue weighted by Crippen LogP contribution is 2.32. The first-order valence-corrected chi connectivity index (χ1v) is 19.6. The minimum Gasteiger partial charge on any atom is -0.492 e. The van der Waals surface area contributed by atoms with Crippen LogP contribution in [-0.2, 0) is 43.1 Å². The third kappa shape index (κ3) is 13.6. The van der Waals surface area contributed by atoms with Crippen LogP contribution in [-0.4, -0.2) is 108 Å². The number of benzene rings is 3. The van der Waals surface area contributed by atoms with E-state index in [1.165, 1.54) is 0 Å². The lowest BCUT2D eigenvalue weighted by molar-refractivity contribution is -0.129. The molecule has 4 amide bonds. The van der Waals surface area contributed by atoms with Crippen LogP contribution in [0.1, 0.15) is 61.9 Å². The van der Waals surface area contributed by atoms with Crippen molar-refractivity contribution in [2.24, 2.45) is 11.7 Å². The largest absolute Gasteiger partial charge is 0.492 e. The Morgan fingerprint density at radius 3 is 2.25 bits per heavy atom. The molecule has 1 saturated heterocycles. The van der Waals surface area contributed by atoms with Gasteiger partial charge in [-0.1, -0.05) is 66.7 Å². The van der Waals surface area contributed by atoms with Crippen LogP contribution in [0.3, 0.4) is 0 Å². The van der Waals surface area contributed by atoms with Gasteiger partial charge in [0.15, 0.2) is 0 Å². The van der Waals surface area contributed by atoms with Crippen LogP contribution in [0.4, 0.5) is 4.79 Å². The average Bonchev–Trinajstić information content (AvgIpc) is 3.48. The molecule has 5 unspecified atom stereocenters. The number of alkyl carbamates (subject to hydrolysis) is 1. The van der Waals surface area contributed by atoms with E-state index in [9.17, 15) is 29.4 Å². The fraction of sp³-hybridized carbons (Fsp3) is 0.488. The van der Waals surface area contributed by atoms with Crippen molar-refractivity contribution >= 4 is 23.8 Å². The predicted octanol–water partition coefficient (Wildman–Crippen LogP) is 2.58. The molecule has 3 aromatic carbocycles. The first-order valence-electron chi connectivity index (χ1n) is 19.6. The zero-order valence-corrected chi connectivity index (χ0v) is 33.0. The number of rotatable bonds is 18. The predicted molar refractivity (Wildman–Crippen MR) is 213 cm³/mol. The maximum atomic E-state index is 14.2. The molecule has 1 fully saturated rings. The van der Waals surface area contributed by atoms with Gasteiger partial charge in [-0.25, -0.2) is 4.79 Å². The highest BCUT2D eigenvalue weighted by atomic mass is 16.6. The van der Waals surface area contributed by atoms with E-state index in [2.05, 4.69) is 20.9 Å². The van der Waals surface area contributed by atoms with Crippen molar-refractivity contribution in [1.29, 1.82) is 0 Å². The summed E-state index contributed by atoms with van der Waals surface area (Å²) in [6, 6.07) is 21.3. The number of morpholine rings is 1. The molecule has 1 heterocycles. The maximum absolute atomic E-state index is 14.2. The van der Waals surface area contributed by atoms with E-state index in [4.69, 9.17) is 19.9 Å². The van der Waals surface area contributed by atoms with E-state index in [1.54, 1.807) is 20.8 Å². The van der Waals surface area contributed by atoms with Gasteiger partial charge in [0.2, 0.25) is 17.7 Å². The smallest absolute Gasteiger partial charge is 0.408 e. The number of aliphatic hydroxyl groups is 2. The van der Waals surface area contributed by atoms with Crippen molar-refractivity contribution in [3.05, 3.63) is 101 Å². The van der Waals surface area contributed by atoms with Gasteiger partial charge in [0.1, 0.15) is 24.0 Å². The Kier molecular flexibility index (Phi) is 15.4. The standard InChI is InChI=1S/C43H57N5O9/c1-43(2,3)57-42(54)46-35(27-38(44)51)41(53)45-34(24-28-9-5-4-6-10-28)36(49)26-31(40(52)47-39-33-12-8-7-11-30(33)25-37(39)50)23-29-13-15-32(16-14-29)56-22-19-48-17-20-55-21-18-48/h4-16,31,34-37,39,49-50H,17-27H2,1-3H3,(H2,44,51)(H,45,53)(H,46,54)(H,47,52)/t31?,34?,35-,36?,37?,39?/m0/s1. The van der Waals surface area contributed by atoms with Crippen LogP contribution in [0.2, 0.25) is 0 Å². The van der Waals surface area contributed by atoms with Crippen LogP contribution < -0.4 is 26.4 Å². The van der Waals surface area contributed by atoms with Crippen LogP contribution in [0.15, 0.2) is 78.9 Å². The summed E-state index contributed by atoms with van der Waals surface area (Å²) in [5.74, 6) is -2.06. The van der Waals surface area contributed by atoms with E-state index in [-0.39, 0.29) is 25.2 Å². The van der Waals surface area contributed by atoms with Crippen molar-refractivity contribution < 1.29 is 43.6 Å². The first-order chi connectivity index (χ1) is 27.2. The summed E-state index contributed by atoms with van der Waals surface area (Å²) in [7, 11) is 0. The zero-order chi connectivity index (χ0) is 41.0. The van der Waals surface area contributed by atoms with Gasteiger partial charge in [0, 0.05) is 32.0 Å². The molecule has 0 radical (unpaired) electrons. The second kappa shape index (κ2) is 20.4.